The molecular formula is C19H19ClN2O3. The van der Waals surface area contributed by atoms with Gasteiger partial charge in [0.2, 0.25) is 5.91 Å². The molecule has 2 aromatic carbocycles. The van der Waals surface area contributed by atoms with E-state index in [4.69, 9.17) is 16.3 Å². The van der Waals surface area contributed by atoms with E-state index < -0.39 is 0 Å². The van der Waals surface area contributed by atoms with Gasteiger partial charge in [-0.15, -0.1) is 0 Å². The predicted molar refractivity (Wildman–Crippen MR) is 97.5 cm³/mol. The Balaban J connectivity index is 1.52. The molecule has 0 saturated heterocycles. The van der Waals surface area contributed by atoms with Crippen LogP contribution in [0.3, 0.4) is 0 Å². The Hall–Kier alpha value is -2.53. The average Bonchev–Trinajstić information content (AvgIpc) is 3.03. The van der Waals surface area contributed by atoms with Crippen LogP contribution in [-0.4, -0.2) is 31.5 Å². The van der Waals surface area contributed by atoms with Crippen LogP contribution in [0.15, 0.2) is 42.5 Å². The van der Waals surface area contributed by atoms with E-state index in [9.17, 15) is 9.59 Å². The highest BCUT2D eigenvalue weighted by molar-refractivity contribution is 6.30. The van der Waals surface area contributed by atoms with Crippen molar-refractivity contribution in [1.29, 1.82) is 0 Å². The van der Waals surface area contributed by atoms with Gasteiger partial charge in [-0.2, -0.15) is 0 Å². The minimum atomic E-state index is -0.149. The Bertz CT molecular complexity index is 790. The topological polar surface area (TPSA) is 58.6 Å². The molecule has 5 nitrogen and oxygen atoms in total. The third-order valence-corrected chi connectivity index (χ3v) is 4.34. The van der Waals surface area contributed by atoms with E-state index in [2.05, 4.69) is 5.32 Å². The number of fused-ring (bicyclic) bond motifs is 1. The molecule has 1 heterocycles. The van der Waals surface area contributed by atoms with Crippen molar-refractivity contribution >= 4 is 29.1 Å². The number of nitrogens with zero attached hydrogens (tertiary/aromatic N) is 1. The SMILES string of the molecule is CC(=O)N1CCc2cc(C(=O)NCCOc3ccc(Cl)cc3)ccc21. The molecule has 0 unspecified atom stereocenters. The van der Waals surface area contributed by atoms with Crippen molar-refractivity contribution in [1.82, 2.24) is 5.32 Å². The molecule has 2 aromatic rings. The fraction of sp³-hybridized carbons (Fsp3) is 0.263. The number of hydrogen-bond acceptors (Lipinski definition) is 3. The van der Waals surface area contributed by atoms with Gasteiger partial charge in [-0.05, 0) is 54.4 Å². The summed E-state index contributed by atoms with van der Waals surface area (Å²) in [6.07, 6.45) is 0.774. The third-order valence-electron chi connectivity index (χ3n) is 4.09. The summed E-state index contributed by atoms with van der Waals surface area (Å²) in [5.74, 6) is 0.583. The van der Waals surface area contributed by atoms with Gasteiger partial charge in [0.05, 0.1) is 6.54 Å². The minimum absolute atomic E-state index is 0.0234. The Morgan fingerprint density at radius 2 is 1.96 bits per heavy atom. The lowest BCUT2D eigenvalue weighted by molar-refractivity contribution is -0.116. The fourth-order valence-electron chi connectivity index (χ4n) is 2.84. The lowest BCUT2D eigenvalue weighted by Crippen LogP contribution is -2.28. The zero-order chi connectivity index (χ0) is 17.8. The molecule has 2 amide bonds. The summed E-state index contributed by atoms with van der Waals surface area (Å²) >= 11 is 5.81. The second-order valence-corrected chi connectivity index (χ2v) is 6.26. The average molecular weight is 359 g/mol. The van der Waals surface area contributed by atoms with Crippen molar-refractivity contribution in [3.05, 3.63) is 58.6 Å². The Morgan fingerprint density at radius 1 is 1.20 bits per heavy atom. The number of carbonyl (C=O) groups excluding carboxylic acids is 2. The van der Waals surface area contributed by atoms with E-state index in [0.717, 1.165) is 17.7 Å². The van der Waals surface area contributed by atoms with Crippen LogP contribution >= 0.6 is 11.6 Å². The zero-order valence-electron chi connectivity index (χ0n) is 13.9. The summed E-state index contributed by atoms with van der Waals surface area (Å²) in [5, 5.41) is 3.49. The van der Waals surface area contributed by atoms with Crippen molar-refractivity contribution in [2.24, 2.45) is 0 Å². The standard InChI is InChI=1S/C19H19ClN2O3/c1-13(23)22-10-8-14-12-15(2-7-18(14)22)19(24)21-9-11-25-17-5-3-16(20)4-6-17/h2-7,12H,8-11H2,1H3,(H,21,24). The first kappa shape index (κ1) is 17.3. The van der Waals surface area contributed by atoms with Crippen molar-refractivity contribution in [2.45, 2.75) is 13.3 Å². The van der Waals surface area contributed by atoms with Gasteiger partial charge in [-0.3, -0.25) is 9.59 Å². The highest BCUT2D eigenvalue weighted by Crippen LogP contribution is 2.28. The van der Waals surface area contributed by atoms with Gasteiger partial charge in [0.25, 0.3) is 5.91 Å². The second-order valence-electron chi connectivity index (χ2n) is 5.82. The summed E-state index contributed by atoms with van der Waals surface area (Å²) in [4.78, 5) is 25.5. The number of carbonyl (C=O) groups is 2. The van der Waals surface area contributed by atoms with Gasteiger partial charge in [0, 0.05) is 29.7 Å². The molecule has 0 fully saturated rings. The lowest BCUT2D eigenvalue weighted by atomic mass is 10.1. The highest BCUT2D eigenvalue weighted by Gasteiger charge is 2.22. The van der Waals surface area contributed by atoms with Crippen LogP contribution in [0.1, 0.15) is 22.8 Å². The molecule has 3 rings (SSSR count). The van der Waals surface area contributed by atoms with E-state index >= 15 is 0 Å². The van der Waals surface area contributed by atoms with E-state index in [0.29, 0.717) is 36.0 Å². The van der Waals surface area contributed by atoms with Crippen LogP contribution in [0, 0.1) is 0 Å². The van der Waals surface area contributed by atoms with E-state index in [1.165, 1.54) is 0 Å². The summed E-state index contributed by atoms with van der Waals surface area (Å²) in [7, 11) is 0. The first-order valence-electron chi connectivity index (χ1n) is 8.12. The maximum Gasteiger partial charge on any atom is 0.251 e. The van der Waals surface area contributed by atoms with Crippen molar-refractivity contribution < 1.29 is 14.3 Å². The third kappa shape index (κ3) is 4.12. The molecule has 0 spiro atoms. The van der Waals surface area contributed by atoms with Crippen LogP contribution in [-0.2, 0) is 11.2 Å². The van der Waals surface area contributed by atoms with Crippen molar-refractivity contribution in [2.75, 3.05) is 24.6 Å². The monoisotopic (exact) mass is 358 g/mol. The number of amides is 2. The number of ether oxygens (including phenoxy) is 1. The molecule has 1 aliphatic heterocycles. The zero-order valence-corrected chi connectivity index (χ0v) is 14.7. The van der Waals surface area contributed by atoms with Gasteiger partial charge < -0.3 is 15.0 Å². The number of benzene rings is 2. The molecular weight excluding hydrogens is 340 g/mol. The summed E-state index contributed by atoms with van der Waals surface area (Å²) in [6.45, 7) is 3.00. The van der Waals surface area contributed by atoms with Gasteiger partial charge in [0.1, 0.15) is 12.4 Å². The molecule has 0 aromatic heterocycles. The van der Waals surface area contributed by atoms with Crippen molar-refractivity contribution in [3.63, 3.8) is 0 Å². The number of rotatable bonds is 5. The highest BCUT2D eigenvalue weighted by atomic mass is 35.5. The van der Waals surface area contributed by atoms with E-state index in [1.54, 1.807) is 42.2 Å². The smallest absolute Gasteiger partial charge is 0.251 e. The summed E-state index contributed by atoms with van der Waals surface area (Å²) in [5.41, 5.74) is 2.52. The molecule has 0 saturated carbocycles. The number of halogens is 1. The van der Waals surface area contributed by atoms with Gasteiger partial charge >= 0.3 is 0 Å². The number of anilines is 1. The first-order valence-corrected chi connectivity index (χ1v) is 8.50. The minimum Gasteiger partial charge on any atom is -0.492 e. The molecule has 25 heavy (non-hydrogen) atoms. The van der Waals surface area contributed by atoms with Crippen molar-refractivity contribution in [3.8, 4) is 5.75 Å². The van der Waals surface area contributed by atoms with Gasteiger partial charge in [-0.1, -0.05) is 11.6 Å². The summed E-state index contributed by atoms with van der Waals surface area (Å²) in [6, 6.07) is 12.5. The molecule has 130 valence electrons. The maximum absolute atomic E-state index is 12.3. The van der Waals surface area contributed by atoms with E-state index in [1.807, 2.05) is 12.1 Å². The maximum atomic E-state index is 12.3. The quantitative estimate of drug-likeness (QED) is 0.836. The normalized spacial score (nSPS) is 12.6. The van der Waals surface area contributed by atoms with Crippen LogP contribution in [0.5, 0.6) is 5.75 Å². The van der Waals surface area contributed by atoms with Crippen LogP contribution in [0.2, 0.25) is 5.02 Å². The molecule has 1 N–H and O–H groups in total. The van der Waals surface area contributed by atoms with Gasteiger partial charge in [0.15, 0.2) is 0 Å². The largest absolute Gasteiger partial charge is 0.492 e. The van der Waals surface area contributed by atoms with Gasteiger partial charge in [-0.25, -0.2) is 0 Å². The van der Waals surface area contributed by atoms with E-state index in [-0.39, 0.29) is 11.8 Å². The molecule has 1 aliphatic rings. The van der Waals surface area contributed by atoms with Crippen LogP contribution < -0.4 is 15.0 Å². The summed E-state index contributed by atoms with van der Waals surface area (Å²) < 4.78 is 5.54. The molecule has 0 aliphatic carbocycles. The molecule has 6 heteroatoms. The molecule has 0 atom stereocenters. The van der Waals surface area contributed by atoms with Crippen LogP contribution in [0.25, 0.3) is 0 Å². The Morgan fingerprint density at radius 3 is 2.68 bits per heavy atom. The van der Waals surface area contributed by atoms with Crippen LogP contribution in [0.4, 0.5) is 5.69 Å². The molecule has 0 radical (unpaired) electrons. The Labute approximate surface area is 151 Å². The second kappa shape index (κ2) is 7.57. The Kier molecular flexibility index (Phi) is 5.24. The molecule has 0 bridgehead atoms. The predicted octanol–water partition coefficient (Wildman–Crippen LogP) is 3.06. The number of nitrogens with one attached hydrogen (secondary N) is 1. The fourth-order valence-corrected chi connectivity index (χ4v) is 2.96. The number of hydrogen-bond donors (Lipinski definition) is 1. The lowest BCUT2D eigenvalue weighted by Gasteiger charge is -2.14. The first-order chi connectivity index (χ1) is 12.0.